The Balaban J connectivity index is 2.69. The number of hydrogen-bond donors (Lipinski definition) is 0. The highest BCUT2D eigenvalue weighted by atomic mass is 16.7. The summed E-state index contributed by atoms with van der Waals surface area (Å²) < 4.78 is 20.1. The molecular formula is C10H13O4. The molecule has 1 aliphatic carbocycles. The van der Waals surface area contributed by atoms with Crippen LogP contribution < -0.4 is 0 Å². The smallest absolute Gasteiger partial charge is 0.190 e. The maximum Gasteiger partial charge on any atom is 0.190 e. The van der Waals surface area contributed by atoms with Gasteiger partial charge in [0.15, 0.2) is 18.7 Å². The van der Waals surface area contributed by atoms with Gasteiger partial charge in [0.1, 0.15) is 5.76 Å². The van der Waals surface area contributed by atoms with Gasteiger partial charge in [0, 0.05) is 26.4 Å². The molecule has 14 heavy (non-hydrogen) atoms. The second kappa shape index (κ2) is 5.50. The summed E-state index contributed by atoms with van der Waals surface area (Å²) in [6.07, 6.45) is 3.97. The van der Waals surface area contributed by atoms with Gasteiger partial charge < -0.3 is 18.9 Å². The predicted molar refractivity (Wildman–Crippen MR) is 49.9 cm³/mol. The zero-order valence-electron chi connectivity index (χ0n) is 8.49. The highest BCUT2D eigenvalue weighted by Gasteiger charge is 2.16. The Labute approximate surface area is 83.4 Å². The van der Waals surface area contributed by atoms with E-state index in [-0.39, 0.29) is 6.79 Å². The molecule has 0 aliphatic heterocycles. The van der Waals surface area contributed by atoms with E-state index in [4.69, 9.17) is 18.9 Å². The van der Waals surface area contributed by atoms with Gasteiger partial charge in [-0.25, -0.2) is 0 Å². The lowest BCUT2D eigenvalue weighted by Crippen LogP contribution is -2.07. The first-order valence-electron chi connectivity index (χ1n) is 4.07. The minimum atomic E-state index is 0.186. The van der Waals surface area contributed by atoms with Gasteiger partial charge in [0.25, 0.3) is 0 Å². The fraction of sp³-hybridized carbons (Fsp3) is 0.400. The van der Waals surface area contributed by atoms with E-state index in [1.165, 1.54) is 0 Å². The summed E-state index contributed by atoms with van der Waals surface area (Å²) in [5, 5.41) is 0. The Bertz CT molecular complexity index is 274. The number of methoxy groups -OCH3 is 3. The Kier molecular flexibility index (Phi) is 4.26. The molecule has 4 nitrogen and oxygen atoms in total. The van der Waals surface area contributed by atoms with Crippen LogP contribution in [0, 0.1) is 6.10 Å². The van der Waals surface area contributed by atoms with Crippen LogP contribution in [0.3, 0.4) is 0 Å². The van der Waals surface area contributed by atoms with Crippen molar-refractivity contribution in [1.82, 2.24) is 0 Å². The van der Waals surface area contributed by atoms with Gasteiger partial charge in [-0.15, -0.1) is 0 Å². The molecule has 77 valence electrons. The van der Waals surface area contributed by atoms with Crippen molar-refractivity contribution in [3.8, 4) is 0 Å². The normalized spacial score (nSPS) is 16.2. The van der Waals surface area contributed by atoms with Crippen LogP contribution in [0.5, 0.6) is 0 Å². The lowest BCUT2D eigenvalue weighted by molar-refractivity contribution is 0.00935. The van der Waals surface area contributed by atoms with Gasteiger partial charge in [0.05, 0.1) is 7.11 Å². The third-order valence-corrected chi connectivity index (χ3v) is 1.62. The standard InChI is InChI=1S/C10H13O4/c1-11-7-14-8-4-5-9(12-2)10(6-8)13-3/h5-6H,7H2,1-3H3. The molecule has 0 amide bonds. The van der Waals surface area contributed by atoms with Gasteiger partial charge in [-0.05, 0) is 0 Å². The molecular weight excluding hydrogens is 184 g/mol. The van der Waals surface area contributed by atoms with Gasteiger partial charge in [0.2, 0.25) is 0 Å². The minimum Gasteiger partial charge on any atom is -0.497 e. The van der Waals surface area contributed by atoms with Crippen molar-refractivity contribution in [2.75, 3.05) is 28.1 Å². The molecule has 1 rings (SSSR count). The first kappa shape index (κ1) is 10.9. The Morgan fingerprint density at radius 2 is 2.00 bits per heavy atom. The third kappa shape index (κ3) is 2.64. The molecule has 4 heteroatoms. The second-order valence-corrected chi connectivity index (χ2v) is 2.48. The molecule has 0 spiro atoms. The summed E-state index contributed by atoms with van der Waals surface area (Å²) in [7, 11) is 4.69. The van der Waals surface area contributed by atoms with Gasteiger partial charge >= 0.3 is 0 Å². The lowest BCUT2D eigenvalue weighted by atomic mass is 10.2. The molecule has 0 heterocycles. The zero-order chi connectivity index (χ0) is 10.4. The average molecular weight is 197 g/mol. The maximum absolute atomic E-state index is 5.18. The lowest BCUT2D eigenvalue weighted by Gasteiger charge is -2.15. The minimum absolute atomic E-state index is 0.186. The van der Waals surface area contributed by atoms with Crippen molar-refractivity contribution in [3.05, 3.63) is 35.5 Å². The molecule has 0 saturated heterocycles. The van der Waals surface area contributed by atoms with Crippen molar-refractivity contribution in [2.24, 2.45) is 0 Å². The van der Waals surface area contributed by atoms with E-state index in [9.17, 15) is 0 Å². The molecule has 0 fully saturated rings. The van der Waals surface area contributed by atoms with Crippen LogP contribution in [-0.4, -0.2) is 28.1 Å². The summed E-state index contributed by atoms with van der Waals surface area (Å²) in [6, 6.07) is 0. The van der Waals surface area contributed by atoms with Crippen LogP contribution in [0.15, 0.2) is 29.4 Å². The molecule has 0 aromatic heterocycles. The van der Waals surface area contributed by atoms with E-state index in [0.29, 0.717) is 17.6 Å². The molecule has 0 atom stereocenters. The molecule has 0 unspecified atom stereocenters. The van der Waals surface area contributed by atoms with Crippen LogP contribution >= 0.6 is 0 Å². The number of hydrogen-bond acceptors (Lipinski definition) is 4. The Morgan fingerprint density at radius 1 is 1.21 bits per heavy atom. The topological polar surface area (TPSA) is 36.9 Å². The van der Waals surface area contributed by atoms with E-state index in [2.05, 4.69) is 5.73 Å². The Morgan fingerprint density at radius 3 is 2.57 bits per heavy atom. The first-order chi connectivity index (χ1) is 6.81. The highest BCUT2D eigenvalue weighted by molar-refractivity contribution is 5.34. The SMILES string of the molecule is COCOC1=C=C[C](OC)C(OC)=C1. The van der Waals surface area contributed by atoms with Crippen molar-refractivity contribution in [2.45, 2.75) is 0 Å². The fourth-order valence-corrected chi connectivity index (χ4v) is 0.964. The van der Waals surface area contributed by atoms with Gasteiger partial charge in [-0.2, -0.15) is 0 Å². The van der Waals surface area contributed by atoms with Crippen LogP contribution in [-0.2, 0) is 18.9 Å². The number of rotatable bonds is 5. The largest absolute Gasteiger partial charge is 0.497 e. The summed E-state index contributed by atoms with van der Waals surface area (Å²) in [5.74, 6) is 1.17. The van der Waals surface area contributed by atoms with Crippen molar-refractivity contribution in [3.63, 3.8) is 0 Å². The molecule has 0 aromatic rings. The molecule has 0 bridgehead atoms. The highest BCUT2D eigenvalue weighted by Crippen LogP contribution is 2.22. The molecule has 0 N–H and O–H groups in total. The zero-order valence-corrected chi connectivity index (χ0v) is 8.49. The molecule has 1 radical (unpaired) electrons. The predicted octanol–water partition coefficient (Wildman–Crippen LogP) is 1.37. The number of ether oxygens (including phenoxy) is 4. The van der Waals surface area contributed by atoms with Crippen LogP contribution in [0.25, 0.3) is 0 Å². The fourth-order valence-electron chi connectivity index (χ4n) is 0.964. The maximum atomic E-state index is 5.18. The van der Waals surface area contributed by atoms with E-state index < -0.39 is 0 Å². The van der Waals surface area contributed by atoms with E-state index in [1.807, 2.05) is 0 Å². The van der Waals surface area contributed by atoms with Crippen molar-refractivity contribution in [1.29, 1.82) is 0 Å². The van der Waals surface area contributed by atoms with Crippen LogP contribution in [0.4, 0.5) is 0 Å². The quantitative estimate of drug-likeness (QED) is 0.492. The van der Waals surface area contributed by atoms with Gasteiger partial charge in [-0.3, -0.25) is 0 Å². The monoisotopic (exact) mass is 197 g/mol. The summed E-state index contributed by atoms with van der Waals surface area (Å²) in [4.78, 5) is 0. The second-order valence-electron chi connectivity index (χ2n) is 2.48. The van der Waals surface area contributed by atoms with E-state index in [0.717, 1.165) is 0 Å². The summed E-state index contributed by atoms with van der Waals surface area (Å²) >= 11 is 0. The summed E-state index contributed by atoms with van der Waals surface area (Å²) in [6.45, 7) is 0.186. The van der Waals surface area contributed by atoms with Crippen molar-refractivity contribution < 1.29 is 18.9 Å². The van der Waals surface area contributed by atoms with Crippen LogP contribution in [0.2, 0.25) is 0 Å². The van der Waals surface area contributed by atoms with Crippen LogP contribution in [0.1, 0.15) is 0 Å². The molecule has 1 aliphatic rings. The summed E-state index contributed by atoms with van der Waals surface area (Å²) in [5.41, 5.74) is 2.89. The van der Waals surface area contributed by atoms with E-state index in [1.54, 1.807) is 33.5 Å². The van der Waals surface area contributed by atoms with Crippen molar-refractivity contribution >= 4 is 0 Å². The van der Waals surface area contributed by atoms with E-state index >= 15 is 0 Å². The van der Waals surface area contributed by atoms with Gasteiger partial charge in [-0.1, -0.05) is 5.73 Å². The molecule has 0 aromatic carbocycles. The first-order valence-corrected chi connectivity index (χ1v) is 4.07. The Hall–Kier alpha value is -1.22. The average Bonchev–Trinajstić information content (AvgIpc) is 2.25. The third-order valence-electron chi connectivity index (χ3n) is 1.62. The molecule has 0 saturated carbocycles.